The van der Waals surface area contributed by atoms with Crippen molar-refractivity contribution in [3.63, 3.8) is 0 Å². The first-order chi connectivity index (χ1) is 9.28. The second-order valence-corrected chi connectivity index (χ2v) is 6.60. The van der Waals surface area contributed by atoms with Gasteiger partial charge in [-0.25, -0.2) is 4.98 Å². The lowest BCUT2D eigenvalue weighted by molar-refractivity contribution is 0.0897. The highest BCUT2D eigenvalue weighted by atomic mass is 79.9. The van der Waals surface area contributed by atoms with Crippen molar-refractivity contribution < 1.29 is 0 Å². The number of fused-ring (bicyclic) bond motifs is 1. The normalized spacial score (nSPS) is 17.1. The predicted octanol–water partition coefficient (Wildman–Crippen LogP) is 2.41. The number of nitrogens with zero attached hydrogens (tertiary/aromatic N) is 5. The summed E-state index contributed by atoms with van der Waals surface area (Å²) in [6, 6.07) is 0.495. The monoisotopic (exact) mass is 337 g/mol. The maximum atomic E-state index is 4.61. The topological polar surface area (TPSA) is 38.4 Å². The van der Waals surface area contributed by atoms with E-state index in [1.54, 1.807) is 11.3 Å². The maximum Gasteiger partial charge on any atom is 0.193 e. The van der Waals surface area contributed by atoms with Crippen LogP contribution in [-0.4, -0.2) is 37.2 Å². The largest absolute Gasteiger partial charge is 0.297 e. The number of thiazole rings is 1. The highest BCUT2D eigenvalue weighted by molar-refractivity contribution is 9.10. The van der Waals surface area contributed by atoms with Gasteiger partial charge in [-0.3, -0.25) is 14.0 Å². The summed E-state index contributed by atoms with van der Waals surface area (Å²) < 4.78 is 5.16. The average molecular weight is 338 g/mol. The van der Waals surface area contributed by atoms with Crippen LogP contribution in [0.5, 0.6) is 0 Å². The molecule has 98 valence electrons. The number of rotatable bonds is 3. The van der Waals surface area contributed by atoms with Gasteiger partial charge in [-0.2, -0.15) is 5.10 Å². The molecule has 0 N–H and O–H groups in total. The van der Waals surface area contributed by atoms with E-state index in [9.17, 15) is 0 Å². The van der Waals surface area contributed by atoms with Crippen molar-refractivity contribution in [1.82, 2.24) is 24.1 Å². The zero-order chi connectivity index (χ0) is 12.8. The molecule has 0 saturated carbocycles. The van der Waals surface area contributed by atoms with Gasteiger partial charge in [0.15, 0.2) is 4.96 Å². The van der Waals surface area contributed by atoms with Crippen LogP contribution in [0.4, 0.5) is 0 Å². The highest BCUT2D eigenvalue weighted by Gasteiger charge is 2.29. The Morgan fingerprint density at radius 1 is 1.37 bits per heavy atom. The summed E-state index contributed by atoms with van der Waals surface area (Å²) in [4.78, 5) is 8.07. The van der Waals surface area contributed by atoms with Crippen molar-refractivity contribution >= 4 is 32.2 Å². The zero-order valence-corrected chi connectivity index (χ0v) is 12.5. The van der Waals surface area contributed by atoms with Crippen molar-refractivity contribution in [2.75, 3.05) is 13.1 Å². The van der Waals surface area contributed by atoms with Crippen LogP contribution in [0, 0.1) is 0 Å². The third-order valence-corrected chi connectivity index (χ3v) is 4.59. The summed E-state index contributed by atoms with van der Waals surface area (Å²) in [5.74, 6) is 0. The van der Waals surface area contributed by atoms with Crippen molar-refractivity contribution in [3.8, 4) is 0 Å². The van der Waals surface area contributed by atoms with Gasteiger partial charge in [0, 0.05) is 43.6 Å². The molecule has 4 rings (SSSR count). The molecule has 1 fully saturated rings. The molecule has 19 heavy (non-hydrogen) atoms. The van der Waals surface area contributed by atoms with E-state index in [-0.39, 0.29) is 0 Å². The number of imidazole rings is 1. The standard InChI is InChI=1S/C12H12BrN5S/c13-9-3-14-18(4-9)11-7-16(8-11)5-10-6-17-1-2-19-12(17)15-10/h1-4,6,11H,5,7-8H2. The molecule has 1 aliphatic rings. The Hall–Kier alpha value is -1.18. The number of hydrogen-bond donors (Lipinski definition) is 0. The van der Waals surface area contributed by atoms with Gasteiger partial charge in [-0.1, -0.05) is 0 Å². The summed E-state index contributed by atoms with van der Waals surface area (Å²) in [5, 5.41) is 6.39. The first-order valence-corrected chi connectivity index (χ1v) is 7.78. The van der Waals surface area contributed by atoms with Crippen molar-refractivity contribution in [1.29, 1.82) is 0 Å². The van der Waals surface area contributed by atoms with E-state index in [1.165, 1.54) is 0 Å². The highest BCUT2D eigenvalue weighted by Crippen LogP contribution is 2.24. The Balaban J connectivity index is 1.40. The second kappa shape index (κ2) is 4.43. The van der Waals surface area contributed by atoms with Crippen molar-refractivity contribution in [2.45, 2.75) is 12.6 Å². The maximum absolute atomic E-state index is 4.61. The molecular weight excluding hydrogens is 326 g/mol. The number of aromatic nitrogens is 4. The van der Waals surface area contributed by atoms with Gasteiger partial charge in [0.25, 0.3) is 0 Å². The second-order valence-electron chi connectivity index (χ2n) is 4.81. The molecule has 0 radical (unpaired) electrons. The minimum absolute atomic E-state index is 0.495. The third-order valence-electron chi connectivity index (χ3n) is 3.41. The fourth-order valence-electron chi connectivity index (χ4n) is 2.43. The first-order valence-electron chi connectivity index (χ1n) is 6.11. The molecule has 0 spiro atoms. The van der Waals surface area contributed by atoms with Gasteiger partial charge in [0.2, 0.25) is 0 Å². The van der Waals surface area contributed by atoms with Gasteiger partial charge < -0.3 is 0 Å². The summed E-state index contributed by atoms with van der Waals surface area (Å²) in [6.07, 6.45) is 8.04. The molecule has 4 heterocycles. The van der Waals surface area contributed by atoms with E-state index >= 15 is 0 Å². The van der Waals surface area contributed by atoms with E-state index in [2.05, 4.69) is 53.1 Å². The van der Waals surface area contributed by atoms with Gasteiger partial charge in [0.05, 0.1) is 22.4 Å². The predicted molar refractivity (Wildman–Crippen MR) is 77.3 cm³/mol. The molecule has 7 heteroatoms. The molecule has 0 unspecified atom stereocenters. The molecule has 3 aromatic heterocycles. The number of hydrogen-bond acceptors (Lipinski definition) is 4. The smallest absolute Gasteiger partial charge is 0.193 e. The SMILES string of the molecule is Brc1cnn(C2CN(Cc3cn4ccsc4n3)C2)c1. The fourth-order valence-corrected chi connectivity index (χ4v) is 3.46. The Labute approximate surface area is 122 Å². The Kier molecular flexibility index (Phi) is 2.71. The van der Waals surface area contributed by atoms with E-state index in [4.69, 9.17) is 0 Å². The van der Waals surface area contributed by atoms with Crippen LogP contribution in [0.25, 0.3) is 4.96 Å². The Morgan fingerprint density at radius 3 is 3.00 bits per heavy atom. The molecule has 0 amide bonds. The first kappa shape index (κ1) is 11.6. The average Bonchev–Trinajstić information content (AvgIpc) is 2.97. The summed E-state index contributed by atoms with van der Waals surface area (Å²) in [6.45, 7) is 3.01. The quantitative estimate of drug-likeness (QED) is 0.736. The molecule has 0 aliphatic carbocycles. The molecular formula is C12H12BrN5S. The van der Waals surface area contributed by atoms with Crippen LogP contribution >= 0.6 is 27.3 Å². The molecule has 0 aromatic carbocycles. The summed E-state index contributed by atoms with van der Waals surface area (Å²) >= 11 is 5.10. The summed E-state index contributed by atoms with van der Waals surface area (Å²) in [7, 11) is 0. The molecule has 1 saturated heterocycles. The Bertz CT molecular complexity index is 680. The summed E-state index contributed by atoms with van der Waals surface area (Å²) in [5.41, 5.74) is 1.15. The van der Waals surface area contributed by atoms with Crippen LogP contribution in [0.3, 0.4) is 0 Å². The van der Waals surface area contributed by atoms with Gasteiger partial charge in [-0.05, 0) is 15.9 Å². The minimum Gasteiger partial charge on any atom is -0.297 e. The molecule has 0 bridgehead atoms. The molecule has 1 aliphatic heterocycles. The minimum atomic E-state index is 0.495. The molecule has 0 atom stereocenters. The van der Waals surface area contributed by atoms with E-state index in [0.29, 0.717) is 6.04 Å². The Morgan fingerprint density at radius 2 is 2.26 bits per heavy atom. The van der Waals surface area contributed by atoms with E-state index < -0.39 is 0 Å². The zero-order valence-electron chi connectivity index (χ0n) is 10.1. The van der Waals surface area contributed by atoms with Gasteiger partial charge in [-0.15, -0.1) is 11.3 Å². The van der Waals surface area contributed by atoms with E-state index in [0.717, 1.165) is 34.8 Å². The van der Waals surface area contributed by atoms with Crippen LogP contribution in [0.15, 0.2) is 34.6 Å². The molecule has 3 aromatic rings. The number of halogens is 1. The van der Waals surface area contributed by atoms with Crippen LogP contribution in [-0.2, 0) is 6.54 Å². The fraction of sp³-hybridized carbons (Fsp3) is 0.333. The van der Waals surface area contributed by atoms with Crippen LogP contribution in [0.1, 0.15) is 11.7 Å². The number of likely N-dealkylation sites (tertiary alicyclic amines) is 1. The van der Waals surface area contributed by atoms with Gasteiger partial charge in [0.1, 0.15) is 0 Å². The van der Waals surface area contributed by atoms with Gasteiger partial charge >= 0.3 is 0 Å². The van der Waals surface area contributed by atoms with Crippen LogP contribution in [0.2, 0.25) is 0 Å². The lowest BCUT2D eigenvalue weighted by Crippen LogP contribution is -2.47. The molecule has 5 nitrogen and oxygen atoms in total. The van der Waals surface area contributed by atoms with Crippen molar-refractivity contribution in [2.24, 2.45) is 0 Å². The lowest BCUT2D eigenvalue weighted by atomic mass is 10.1. The van der Waals surface area contributed by atoms with Crippen molar-refractivity contribution in [3.05, 3.63) is 40.3 Å². The van der Waals surface area contributed by atoms with Crippen LogP contribution < -0.4 is 0 Å². The lowest BCUT2D eigenvalue weighted by Gasteiger charge is -2.38. The third kappa shape index (κ3) is 2.11. The van der Waals surface area contributed by atoms with E-state index in [1.807, 2.05) is 17.1 Å².